The van der Waals surface area contributed by atoms with Gasteiger partial charge in [0, 0.05) is 25.3 Å². The molecule has 4 heteroatoms. The molecule has 0 aromatic heterocycles. The van der Waals surface area contributed by atoms with Gasteiger partial charge in [0.25, 0.3) is 0 Å². The molecule has 3 nitrogen and oxygen atoms in total. The summed E-state index contributed by atoms with van der Waals surface area (Å²) in [5.74, 6) is 0.370. The summed E-state index contributed by atoms with van der Waals surface area (Å²) in [4.78, 5) is 0. The Morgan fingerprint density at radius 2 is 2.24 bits per heavy atom. The van der Waals surface area contributed by atoms with Crippen molar-refractivity contribution >= 4 is 0 Å². The molecule has 1 aromatic rings. The van der Waals surface area contributed by atoms with Crippen molar-refractivity contribution < 1.29 is 13.9 Å². The Morgan fingerprint density at radius 3 is 2.95 bits per heavy atom. The van der Waals surface area contributed by atoms with E-state index in [9.17, 15) is 4.39 Å². The zero-order valence-electron chi connectivity index (χ0n) is 13.0. The zero-order chi connectivity index (χ0) is 15.1. The van der Waals surface area contributed by atoms with Crippen molar-refractivity contribution in [2.24, 2.45) is 0 Å². The van der Waals surface area contributed by atoms with E-state index < -0.39 is 0 Å². The standard InChI is InChI=1S/C17H26FNO2/c1-13(2)19-12-14-9-15(18)11-17(10-14)21-8-4-6-16-5-3-7-20-16/h9-11,13,16,19H,3-8,12H2,1-2H3. The molecule has 1 heterocycles. The minimum Gasteiger partial charge on any atom is -0.493 e. The Hall–Kier alpha value is -1.13. The highest BCUT2D eigenvalue weighted by molar-refractivity contribution is 5.29. The molecule has 1 aromatic carbocycles. The highest BCUT2D eigenvalue weighted by Gasteiger charge is 2.14. The van der Waals surface area contributed by atoms with Crippen LogP contribution in [0, 0.1) is 5.82 Å². The summed E-state index contributed by atoms with van der Waals surface area (Å²) in [6.07, 6.45) is 4.69. The first-order chi connectivity index (χ1) is 10.1. The molecule has 0 amide bonds. The van der Waals surface area contributed by atoms with Gasteiger partial charge < -0.3 is 14.8 Å². The molecular formula is C17H26FNO2. The number of benzene rings is 1. The average Bonchev–Trinajstić information content (AvgIpc) is 2.94. The summed E-state index contributed by atoms with van der Waals surface area (Å²) in [6, 6.07) is 5.29. The van der Waals surface area contributed by atoms with Crippen LogP contribution in [-0.2, 0) is 11.3 Å². The van der Waals surface area contributed by atoms with E-state index in [0.29, 0.717) is 31.0 Å². The van der Waals surface area contributed by atoms with Gasteiger partial charge in [-0.3, -0.25) is 0 Å². The Balaban J connectivity index is 1.76. The van der Waals surface area contributed by atoms with Crippen LogP contribution in [0.3, 0.4) is 0 Å². The second-order valence-corrected chi connectivity index (χ2v) is 5.96. The van der Waals surface area contributed by atoms with Crippen LogP contribution in [0.15, 0.2) is 18.2 Å². The maximum absolute atomic E-state index is 13.6. The van der Waals surface area contributed by atoms with Crippen LogP contribution < -0.4 is 10.1 Å². The molecule has 1 aliphatic heterocycles. The van der Waals surface area contributed by atoms with Crippen molar-refractivity contribution in [1.82, 2.24) is 5.32 Å². The quantitative estimate of drug-likeness (QED) is 0.742. The molecule has 1 aliphatic rings. The molecule has 118 valence electrons. The Bertz CT molecular complexity index is 431. The molecule has 1 unspecified atom stereocenters. The molecule has 1 N–H and O–H groups in total. The van der Waals surface area contributed by atoms with Crippen molar-refractivity contribution in [3.8, 4) is 5.75 Å². The predicted octanol–water partition coefficient (Wildman–Crippen LogP) is 3.66. The Kier molecular flexibility index (Phi) is 6.46. The summed E-state index contributed by atoms with van der Waals surface area (Å²) in [5, 5.41) is 3.28. The zero-order valence-corrected chi connectivity index (χ0v) is 13.0. The number of halogens is 1. The van der Waals surface area contributed by atoms with E-state index in [1.807, 2.05) is 6.07 Å². The number of rotatable bonds is 8. The third kappa shape index (κ3) is 6.02. The number of nitrogens with one attached hydrogen (secondary N) is 1. The van der Waals surface area contributed by atoms with Crippen LogP contribution >= 0.6 is 0 Å². The largest absolute Gasteiger partial charge is 0.493 e. The molecule has 0 aliphatic carbocycles. The minimum atomic E-state index is -0.243. The van der Waals surface area contributed by atoms with Gasteiger partial charge in [0.15, 0.2) is 0 Å². The van der Waals surface area contributed by atoms with E-state index in [1.165, 1.54) is 12.5 Å². The number of ether oxygens (including phenoxy) is 2. The third-order valence-electron chi connectivity index (χ3n) is 3.61. The van der Waals surface area contributed by atoms with Gasteiger partial charge in [-0.25, -0.2) is 4.39 Å². The lowest BCUT2D eigenvalue weighted by atomic mass is 10.1. The van der Waals surface area contributed by atoms with Gasteiger partial charge >= 0.3 is 0 Å². The lowest BCUT2D eigenvalue weighted by Crippen LogP contribution is -2.21. The fraction of sp³-hybridized carbons (Fsp3) is 0.647. The minimum absolute atomic E-state index is 0.243. The smallest absolute Gasteiger partial charge is 0.127 e. The van der Waals surface area contributed by atoms with E-state index in [0.717, 1.165) is 31.4 Å². The van der Waals surface area contributed by atoms with Crippen LogP contribution in [0.1, 0.15) is 45.1 Å². The maximum Gasteiger partial charge on any atom is 0.127 e. The monoisotopic (exact) mass is 295 g/mol. The summed E-state index contributed by atoms with van der Waals surface area (Å²) in [7, 11) is 0. The van der Waals surface area contributed by atoms with E-state index >= 15 is 0 Å². The fourth-order valence-electron chi connectivity index (χ4n) is 2.50. The van der Waals surface area contributed by atoms with Crippen LogP contribution in [0.25, 0.3) is 0 Å². The highest BCUT2D eigenvalue weighted by atomic mass is 19.1. The number of hydrogen-bond donors (Lipinski definition) is 1. The fourth-order valence-corrected chi connectivity index (χ4v) is 2.50. The lowest BCUT2D eigenvalue weighted by molar-refractivity contribution is 0.0981. The van der Waals surface area contributed by atoms with Gasteiger partial charge in [-0.05, 0) is 43.4 Å². The second kappa shape index (κ2) is 8.35. The SMILES string of the molecule is CC(C)NCc1cc(F)cc(OCCCC2CCCO2)c1. The van der Waals surface area contributed by atoms with Crippen molar-refractivity contribution in [2.75, 3.05) is 13.2 Å². The molecule has 0 radical (unpaired) electrons. The lowest BCUT2D eigenvalue weighted by Gasteiger charge is -2.12. The van der Waals surface area contributed by atoms with E-state index in [1.54, 1.807) is 6.07 Å². The topological polar surface area (TPSA) is 30.5 Å². The normalized spacial score (nSPS) is 18.4. The molecule has 21 heavy (non-hydrogen) atoms. The van der Waals surface area contributed by atoms with Crippen LogP contribution in [-0.4, -0.2) is 25.4 Å². The third-order valence-corrected chi connectivity index (χ3v) is 3.61. The van der Waals surface area contributed by atoms with Gasteiger partial charge in [0.05, 0.1) is 12.7 Å². The molecule has 2 rings (SSSR count). The first-order valence-corrected chi connectivity index (χ1v) is 7.91. The summed E-state index contributed by atoms with van der Waals surface area (Å²) in [6.45, 7) is 6.30. The van der Waals surface area contributed by atoms with Crippen molar-refractivity contribution in [1.29, 1.82) is 0 Å². The first kappa shape index (κ1) is 16.2. The molecule has 1 fully saturated rings. The van der Waals surface area contributed by atoms with E-state index in [4.69, 9.17) is 9.47 Å². The van der Waals surface area contributed by atoms with Crippen LogP contribution in [0.4, 0.5) is 4.39 Å². The molecule has 0 bridgehead atoms. The summed E-state index contributed by atoms with van der Waals surface area (Å²) in [5.41, 5.74) is 0.915. The second-order valence-electron chi connectivity index (χ2n) is 5.96. The van der Waals surface area contributed by atoms with E-state index in [2.05, 4.69) is 19.2 Å². The average molecular weight is 295 g/mol. The molecule has 0 saturated carbocycles. The first-order valence-electron chi connectivity index (χ1n) is 7.91. The predicted molar refractivity (Wildman–Crippen MR) is 82.1 cm³/mol. The van der Waals surface area contributed by atoms with Gasteiger partial charge in [0.1, 0.15) is 11.6 Å². The maximum atomic E-state index is 13.6. The van der Waals surface area contributed by atoms with E-state index in [-0.39, 0.29) is 5.82 Å². The molecular weight excluding hydrogens is 269 g/mol. The van der Waals surface area contributed by atoms with Gasteiger partial charge in [-0.1, -0.05) is 13.8 Å². The molecule has 1 saturated heterocycles. The summed E-state index contributed by atoms with van der Waals surface area (Å²) < 4.78 is 24.8. The Morgan fingerprint density at radius 1 is 1.38 bits per heavy atom. The van der Waals surface area contributed by atoms with Crippen molar-refractivity contribution in [3.05, 3.63) is 29.6 Å². The Labute approximate surface area is 126 Å². The highest BCUT2D eigenvalue weighted by Crippen LogP contribution is 2.19. The summed E-state index contributed by atoms with van der Waals surface area (Å²) >= 11 is 0. The van der Waals surface area contributed by atoms with Crippen LogP contribution in [0.2, 0.25) is 0 Å². The van der Waals surface area contributed by atoms with Crippen molar-refractivity contribution in [2.45, 2.75) is 58.2 Å². The number of hydrogen-bond acceptors (Lipinski definition) is 3. The van der Waals surface area contributed by atoms with Gasteiger partial charge in [-0.2, -0.15) is 0 Å². The van der Waals surface area contributed by atoms with Crippen LogP contribution in [0.5, 0.6) is 5.75 Å². The van der Waals surface area contributed by atoms with Gasteiger partial charge in [0.2, 0.25) is 0 Å². The van der Waals surface area contributed by atoms with Crippen molar-refractivity contribution in [3.63, 3.8) is 0 Å². The molecule has 0 spiro atoms. The van der Waals surface area contributed by atoms with Gasteiger partial charge in [-0.15, -0.1) is 0 Å². The molecule has 1 atom stereocenters.